The zero-order chi connectivity index (χ0) is 15.2. The summed E-state index contributed by atoms with van der Waals surface area (Å²) in [6, 6.07) is 1.69. The highest BCUT2D eigenvalue weighted by Crippen LogP contribution is 2.15. The van der Waals surface area contributed by atoms with Gasteiger partial charge in [-0.05, 0) is 12.5 Å². The van der Waals surface area contributed by atoms with Crippen LogP contribution in [-0.2, 0) is 13.5 Å². The lowest BCUT2D eigenvalue weighted by Gasteiger charge is -2.04. The number of amides is 1. The molecule has 6 heteroatoms. The molecule has 0 saturated heterocycles. The van der Waals surface area contributed by atoms with Gasteiger partial charge in [0.05, 0.1) is 23.5 Å². The van der Waals surface area contributed by atoms with Crippen molar-refractivity contribution in [2.75, 3.05) is 11.9 Å². The summed E-state index contributed by atoms with van der Waals surface area (Å²) >= 11 is 0. The summed E-state index contributed by atoms with van der Waals surface area (Å²) in [6.45, 7) is 2.26. The fourth-order valence-electron chi connectivity index (χ4n) is 1.88. The van der Waals surface area contributed by atoms with Crippen LogP contribution in [0.3, 0.4) is 0 Å². The number of carbonyl (C=O) groups excluding carboxylic acids is 1. The van der Waals surface area contributed by atoms with E-state index in [-0.39, 0.29) is 12.5 Å². The number of anilines is 1. The molecule has 108 valence electrons. The zero-order valence-electron chi connectivity index (χ0n) is 12.1. The van der Waals surface area contributed by atoms with Gasteiger partial charge in [0.25, 0.3) is 5.91 Å². The maximum atomic E-state index is 12.3. The Labute approximate surface area is 123 Å². The van der Waals surface area contributed by atoms with Crippen LogP contribution in [0.25, 0.3) is 0 Å². The highest BCUT2D eigenvalue weighted by molar-refractivity contribution is 6.04. The Morgan fingerprint density at radius 2 is 2.29 bits per heavy atom. The molecule has 0 aromatic carbocycles. The van der Waals surface area contributed by atoms with E-state index in [1.807, 2.05) is 14.0 Å². The van der Waals surface area contributed by atoms with Crippen molar-refractivity contribution in [3.8, 4) is 11.8 Å². The van der Waals surface area contributed by atoms with Gasteiger partial charge >= 0.3 is 0 Å². The Morgan fingerprint density at radius 3 is 3.00 bits per heavy atom. The van der Waals surface area contributed by atoms with Crippen LogP contribution in [0, 0.1) is 11.8 Å². The first-order valence-corrected chi connectivity index (χ1v) is 6.62. The lowest BCUT2D eigenvalue weighted by molar-refractivity contribution is 0.102. The fourth-order valence-corrected chi connectivity index (χ4v) is 1.88. The molecule has 1 amide bonds. The van der Waals surface area contributed by atoms with E-state index in [0.717, 1.165) is 12.1 Å². The smallest absolute Gasteiger partial charge is 0.257 e. The van der Waals surface area contributed by atoms with Crippen LogP contribution in [0.15, 0.2) is 24.7 Å². The largest absolute Gasteiger partial charge is 0.320 e. The van der Waals surface area contributed by atoms with Crippen molar-refractivity contribution in [2.45, 2.75) is 13.3 Å². The highest BCUT2D eigenvalue weighted by atomic mass is 16.1. The molecule has 2 aromatic heterocycles. The molecule has 0 aliphatic carbocycles. The fraction of sp³-hybridized carbons (Fsp3) is 0.267. The summed E-state index contributed by atoms with van der Waals surface area (Å²) in [6.07, 6.45) is 5.63. The Bertz CT molecular complexity index is 708. The third-order valence-electron chi connectivity index (χ3n) is 2.82. The Kier molecular flexibility index (Phi) is 4.69. The van der Waals surface area contributed by atoms with Gasteiger partial charge < -0.3 is 11.1 Å². The lowest BCUT2D eigenvalue weighted by atomic mass is 10.2. The molecule has 2 aromatic rings. The number of pyridine rings is 1. The van der Waals surface area contributed by atoms with E-state index in [4.69, 9.17) is 5.73 Å². The first-order chi connectivity index (χ1) is 10.1. The normalized spacial score (nSPS) is 9.86. The van der Waals surface area contributed by atoms with Crippen molar-refractivity contribution in [3.05, 3.63) is 41.5 Å². The number of carbonyl (C=O) groups is 1. The summed E-state index contributed by atoms with van der Waals surface area (Å²) in [5, 5.41) is 7.13. The number of aromatic nitrogens is 3. The summed E-state index contributed by atoms with van der Waals surface area (Å²) in [7, 11) is 1.82. The first-order valence-electron chi connectivity index (χ1n) is 6.62. The van der Waals surface area contributed by atoms with Crippen LogP contribution in [0.4, 0.5) is 5.69 Å². The van der Waals surface area contributed by atoms with E-state index < -0.39 is 0 Å². The number of nitrogens with two attached hydrogens (primary N) is 1. The van der Waals surface area contributed by atoms with Crippen LogP contribution < -0.4 is 11.1 Å². The monoisotopic (exact) mass is 283 g/mol. The maximum Gasteiger partial charge on any atom is 0.257 e. The molecule has 0 spiro atoms. The average molecular weight is 283 g/mol. The van der Waals surface area contributed by atoms with Crippen LogP contribution >= 0.6 is 0 Å². The molecule has 0 aliphatic rings. The topological polar surface area (TPSA) is 85.8 Å². The second kappa shape index (κ2) is 6.68. The van der Waals surface area contributed by atoms with Crippen LogP contribution in [0.2, 0.25) is 0 Å². The minimum atomic E-state index is -0.235. The van der Waals surface area contributed by atoms with Gasteiger partial charge in [-0.3, -0.25) is 14.5 Å². The molecule has 0 unspecified atom stereocenters. The predicted octanol–water partition coefficient (Wildman–Crippen LogP) is 0.940. The Balaban J connectivity index is 2.20. The zero-order valence-corrected chi connectivity index (χ0v) is 12.1. The van der Waals surface area contributed by atoms with Crippen LogP contribution in [0.1, 0.15) is 28.5 Å². The van der Waals surface area contributed by atoms with E-state index >= 15 is 0 Å². The highest BCUT2D eigenvalue weighted by Gasteiger charge is 2.12. The van der Waals surface area contributed by atoms with Gasteiger partial charge in [0.2, 0.25) is 0 Å². The van der Waals surface area contributed by atoms with Gasteiger partial charge in [0.1, 0.15) is 0 Å². The van der Waals surface area contributed by atoms with Crippen LogP contribution in [0.5, 0.6) is 0 Å². The first kappa shape index (κ1) is 14.8. The Hall–Kier alpha value is -2.65. The van der Waals surface area contributed by atoms with E-state index in [1.165, 1.54) is 6.20 Å². The number of nitrogens with one attached hydrogen (secondary N) is 1. The molecule has 2 rings (SSSR count). The number of hydrogen-bond acceptors (Lipinski definition) is 4. The van der Waals surface area contributed by atoms with Crippen molar-refractivity contribution in [1.82, 2.24) is 14.8 Å². The van der Waals surface area contributed by atoms with Gasteiger partial charge in [-0.1, -0.05) is 18.8 Å². The van der Waals surface area contributed by atoms with Gasteiger partial charge in [-0.15, -0.1) is 0 Å². The molecule has 0 radical (unpaired) electrons. The van der Waals surface area contributed by atoms with Gasteiger partial charge in [0.15, 0.2) is 0 Å². The second-order valence-electron chi connectivity index (χ2n) is 4.44. The minimum Gasteiger partial charge on any atom is -0.320 e. The van der Waals surface area contributed by atoms with Crippen molar-refractivity contribution < 1.29 is 4.79 Å². The molecule has 0 saturated carbocycles. The van der Waals surface area contributed by atoms with Gasteiger partial charge in [0, 0.05) is 31.2 Å². The SMILES string of the molecule is CCc1nn(C)cc1NC(=O)c1cncc(C#CCN)c1. The van der Waals surface area contributed by atoms with Crippen molar-refractivity contribution in [2.24, 2.45) is 12.8 Å². The number of hydrogen-bond donors (Lipinski definition) is 2. The molecular weight excluding hydrogens is 266 g/mol. The maximum absolute atomic E-state index is 12.3. The minimum absolute atomic E-state index is 0.235. The summed E-state index contributed by atoms with van der Waals surface area (Å²) < 4.78 is 1.68. The molecule has 6 nitrogen and oxygen atoms in total. The van der Waals surface area contributed by atoms with Gasteiger partial charge in [-0.25, -0.2) is 0 Å². The molecule has 2 heterocycles. The number of rotatable bonds is 3. The standard InChI is InChI=1S/C15H17N5O/c1-3-13-14(10-20(2)19-13)18-15(21)12-7-11(5-4-6-16)8-17-9-12/h7-10H,3,6,16H2,1-2H3,(H,18,21). The van der Waals surface area contributed by atoms with E-state index in [0.29, 0.717) is 16.8 Å². The average Bonchev–Trinajstić information content (AvgIpc) is 2.85. The Morgan fingerprint density at radius 1 is 1.48 bits per heavy atom. The van der Waals surface area contributed by atoms with E-state index in [2.05, 4.69) is 27.2 Å². The number of nitrogens with zero attached hydrogens (tertiary/aromatic N) is 3. The molecule has 0 aliphatic heterocycles. The van der Waals surface area contributed by atoms with Crippen molar-refractivity contribution in [1.29, 1.82) is 0 Å². The lowest BCUT2D eigenvalue weighted by Crippen LogP contribution is -2.13. The predicted molar refractivity (Wildman–Crippen MR) is 80.7 cm³/mol. The summed E-state index contributed by atoms with van der Waals surface area (Å²) in [4.78, 5) is 16.3. The molecule has 21 heavy (non-hydrogen) atoms. The van der Waals surface area contributed by atoms with Crippen molar-refractivity contribution in [3.63, 3.8) is 0 Å². The number of aryl methyl sites for hydroxylation is 2. The van der Waals surface area contributed by atoms with Crippen molar-refractivity contribution >= 4 is 11.6 Å². The van der Waals surface area contributed by atoms with E-state index in [1.54, 1.807) is 23.1 Å². The van der Waals surface area contributed by atoms with Crippen LogP contribution in [-0.4, -0.2) is 27.2 Å². The quantitative estimate of drug-likeness (QED) is 0.821. The molecule has 0 bridgehead atoms. The van der Waals surface area contributed by atoms with Gasteiger partial charge in [-0.2, -0.15) is 5.10 Å². The van der Waals surface area contributed by atoms with E-state index in [9.17, 15) is 4.79 Å². The second-order valence-corrected chi connectivity index (χ2v) is 4.44. The third-order valence-corrected chi connectivity index (χ3v) is 2.82. The molecule has 0 fully saturated rings. The molecule has 0 atom stereocenters. The molecule has 3 N–H and O–H groups in total. The summed E-state index contributed by atoms with van der Waals surface area (Å²) in [5.74, 6) is 5.36. The molecular formula is C15H17N5O. The third kappa shape index (κ3) is 3.68. The summed E-state index contributed by atoms with van der Waals surface area (Å²) in [5.41, 5.74) is 8.00.